The Morgan fingerprint density at radius 1 is 1.42 bits per heavy atom. The van der Waals surface area contributed by atoms with Gasteiger partial charge in [-0.3, -0.25) is 0 Å². The third kappa shape index (κ3) is 6.40. The molecule has 1 saturated heterocycles. The van der Waals surface area contributed by atoms with Crippen molar-refractivity contribution in [3.63, 3.8) is 0 Å². The number of rotatable bonds is 4. The summed E-state index contributed by atoms with van der Waals surface area (Å²) in [5, 5.41) is 11.4. The molecule has 2 atom stereocenters. The van der Waals surface area contributed by atoms with Crippen LogP contribution in [0.3, 0.4) is 0 Å². The van der Waals surface area contributed by atoms with Gasteiger partial charge in [0.05, 0.1) is 25.9 Å². The Morgan fingerprint density at radius 2 is 2.11 bits per heavy atom. The molecule has 1 aliphatic rings. The number of carbonyl (C=O) groups is 2. The normalized spacial score (nSPS) is 21.5. The molecule has 0 aromatic heterocycles. The van der Waals surface area contributed by atoms with E-state index in [1.807, 2.05) is 0 Å². The fourth-order valence-corrected chi connectivity index (χ4v) is 1.61. The number of amides is 1. The minimum atomic E-state index is -1.12. The summed E-state index contributed by atoms with van der Waals surface area (Å²) in [7, 11) is 0. The second kappa shape index (κ2) is 6.72. The number of aliphatic carboxylic acids is 1. The van der Waals surface area contributed by atoms with Crippen LogP contribution >= 0.6 is 0 Å². The van der Waals surface area contributed by atoms with Gasteiger partial charge >= 0.3 is 12.1 Å². The van der Waals surface area contributed by atoms with Crippen molar-refractivity contribution in [2.75, 3.05) is 19.8 Å². The molecule has 2 N–H and O–H groups in total. The number of carboxylic acids is 1. The summed E-state index contributed by atoms with van der Waals surface area (Å²) >= 11 is 0. The van der Waals surface area contributed by atoms with Gasteiger partial charge in [-0.1, -0.05) is 0 Å². The topological polar surface area (TPSA) is 94.1 Å². The Hall–Kier alpha value is -1.34. The zero-order valence-electron chi connectivity index (χ0n) is 11.5. The van der Waals surface area contributed by atoms with E-state index in [2.05, 4.69) is 5.32 Å². The molecule has 1 heterocycles. The Kier molecular flexibility index (Phi) is 5.56. The third-order valence-corrected chi connectivity index (χ3v) is 2.37. The lowest BCUT2D eigenvalue weighted by atomic mass is 10.1. The number of hydrogen-bond donors (Lipinski definition) is 2. The van der Waals surface area contributed by atoms with E-state index in [0.29, 0.717) is 19.8 Å². The van der Waals surface area contributed by atoms with Crippen LogP contribution in [0.1, 0.15) is 27.2 Å². The third-order valence-electron chi connectivity index (χ3n) is 2.37. The first kappa shape index (κ1) is 15.7. The van der Waals surface area contributed by atoms with Gasteiger partial charge in [0.2, 0.25) is 0 Å². The van der Waals surface area contributed by atoms with Crippen molar-refractivity contribution in [3.8, 4) is 0 Å². The molecule has 2 unspecified atom stereocenters. The number of hydrogen-bond acceptors (Lipinski definition) is 5. The second-order valence-corrected chi connectivity index (χ2v) is 5.34. The molecule has 0 aliphatic carbocycles. The van der Waals surface area contributed by atoms with Crippen LogP contribution in [-0.4, -0.2) is 54.7 Å². The summed E-state index contributed by atoms with van der Waals surface area (Å²) in [5.74, 6) is -1.12. The molecular formula is C12H21NO6. The van der Waals surface area contributed by atoms with Crippen molar-refractivity contribution in [2.45, 2.75) is 44.9 Å². The lowest BCUT2D eigenvalue weighted by Crippen LogP contribution is -2.46. The van der Waals surface area contributed by atoms with Gasteiger partial charge in [0.25, 0.3) is 0 Å². The van der Waals surface area contributed by atoms with E-state index in [-0.39, 0.29) is 12.5 Å². The zero-order valence-corrected chi connectivity index (χ0v) is 11.5. The van der Waals surface area contributed by atoms with E-state index in [0.717, 1.165) is 0 Å². The van der Waals surface area contributed by atoms with Crippen molar-refractivity contribution < 1.29 is 28.9 Å². The molecule has 19 heavy (non-hydrogen) atoms. The van der Waals surface area contributed by atoms with Crippen molar-refractivity contribution in [2.24, 2.45) is 0 Å². The monoisotopic (exact) mass is 275 g/mol. The highest BCUT2D eigenvalue weighted by Crippen LogP contribution is 2.11. The molecule has 0 aromatic carbocycles. The molecule has 0 spiro atoms. The summed E-state index contributed by atoms with van der Waals surface area (Å²) < 4.78 is 15.6. The molecule has 0 radical (unpaired) electrons. The smallest absolute Gasteiger partial charge is 0.408 e. The van der Waals surface area contributed by atoms with Crippen LogP contribution in [0.5, 0.6) is 0 Å². The number of carboxylic acid groups (broad SMARTS) is 1. The average molecular weight is 275 g/mol. The quantitative estimate of drug-likeness (QED) is 0.787. The Bertz CT molecular complexity index is 319. The van der Waals surface area contributed by atoms with E-state index in [9.17, 15) is 9.59 Å². The molecule has 7 nitrogen and oxygen atoms in total. The van der Waals surface area contributed by atoms with E-state index in [1.165, 1.54) is 0 Å². The van der Waals surface area contributed by atoms with Crippen LogP contribution < -0.4 is 5.32 Å². The summed E-state index contributed by atoms with van der Waals surface area (Å²) in [6.07, 6.45) is -0.935. The Morgan fingerprint density at radius 3 is 2.58 bits per heavy atom. The highest BCUT2D eigenvalue weighted by atomic mass is 16.6. The van der Waals surface area contributed by atoms with Crippen LogP contribution in [0, 0.1) is 0 Å². The fourth-order valence-electron chi connectivity index (χ4n) is 1.61. The molecule has 1 amide bonds. The van der Waals surface area contributed by atoms with E-state index >= 15 is 0 Å². The zero-order chi connectivity index (χ0) is 14.5. The van der Waals surface area contributed by atoms with Crippen LogP contribution in [-0.2, 0) is 19.0 Å². The summed E-state index contributed by atoms with van der Waals surface area (Å²) in [6.45, 7) is 6.40. The van der Waals surface area contributed by atoms with Crippen molar-refractivity contribution in [1.29, 1.82) is 0 Å². The number of ether oxygens (including phenoxy) is 3. The minimum absolute atomic E-state index is 0.147. The SMILES string of the molecule is CC(C)(C)OC(=O)NC(CC1COCCO1)C(=O)O. The van der Waals surface area contributed by atoms with Crippen LogP contribution in [0.25, 0.3) is 0 Å². The van der Waals surface area contributed by atoms with Gasteiger partial charge < -0.3 is 24.6 Å². The van der Waals surface area contributed by atoms with Crippen LogP contribution in [0.15, 0.2) is 0 Å². The maximum Gasteiger partial charge on any atom is 0.408 e. The van der Waals surface area contributed by atoms with Crippen molar-refractivity contribution in [3.05, 3.63) is 0 Å². The number of carbonyl (C=O) groups excluding carboxylic acids is 1. The first-order valence-electron chi connectivity index (χ1n) is 6.19. The predicted molar refractivity (Wildman–Crippen MR) is 66.0 cm³/mol. The molecular weight excluding hydrogens is 254 g/mol. The van der Waals surface area contributed by atoms with Gasteiger partial charge in [-0.25, -0.2) is 9.59 Å². The maximum absolute atomic E-state index is 11.5. The molecule has 0 bridgehead atoms. The van der Waals surface area contributed by atoms with Crippen LogP contribution in [0.2, 0.25) is 0 Å². The lowest BCUT2D eigenvalue weighted by molar-refractivity contribution is -0.142. The standard InChI is InChI=1S/C12H21NO6/c1-12(2,3)19-11(16)13-9(10(14)15)6-8-7-17-4-5-18-8/h8-9H,4-7H2,1-3H3,(H,13,16)(H,14,15). The van der Waals surface area contributed by atoms with Crippen LogP contribution in [0.4, 0.5) is 4.79 Å². The van der Waals surface area contributed by atoms with E-state index in [1.54, 1.807) is 20.8 Å². The van der Waals surface area contributed by atoms with Gasteiger partial charge in [0.15, 0.2) is 0 Å². The summed E-state index contributed by atoms with van der Waals surface area (Å²) in [6, 6.07) is -1.05. The second-order valence-electron chi connectivity index (χ2n) is 5.34. The first-order valence-corrected chi connectivity index (χ1v) is 6.19. The summed E-state index contributed by atoms with van der Waals surface area (Å²) in [5.41, 5.74) is -0.669. The molecule has 7 heteroatoms. The summed E-state index contributed by atoms with van der Waals surface area (Å²) in [4.78, 5) is 22.7. The minimum Gasteiger partial charge on any atom is -0.480 e. The average Bonchev–Trinajstić information content (AvgIpc) is 2.26. The highest BCUT2D eigenvalue weighted by Gasteiger charge is 2.28. The largest absolute Gasteiger partial charge is 0.480 e. The van der Waals surface area contributed by atoms with E-state index in [4.69, 9.17) is 19.3 Å². The highest BCUT2D eigenvalue weighted by molar-refractivity contribution is 5.80. The predicted octanol–water partition coefficient (Wildman–Crippen LogP) is 0.770. The molecule has 1 aliphatic heterocycles. The van der Waals surface area contributed by atoms with Gasteiger partial charge in [0, 0.05) is 6.42 Å². The van der Waals surface area contributed by atoms with Crippen molar-refractivity contribution >= 4 is 12.1 Å². The van der Waals surface area contributed by atoms with E-state index < -0.39 is 23.7 Å². The van der Waals surface area contributed by atoms with Gasteiger partial charge in [0.1, 0.15) is 11.6 Å². The molecule has 1 fully saturated rings. The first-order chi connectivity index (χ1) is 8.78. The fraction of sp³-hybridized carbons (Fsp3) is 0.833. The van der Waals surface area contributed by atoms with Gasteiger partial charge in [-0.2, -0.15) is 0 Å². The molecule has 110 valence electrons. The molecule has 0 saturated carbocycles. The Labute approximate surface area is 112 Å². The number of alkyl carbamates (subject to hydrolysis) is 1. The molecule has 1 rings (SSSR count). The maximum atomic E-state index is 11.5. The van der Waals surface area contributed by atoms with Crippen molar-refractivity contribution in [1.82, 2.24) is 5.32 Å². The van der Waals surface area contributed by atoms with Gasteiger partial charge in [-0.05, 0) is 20.8 Å². The Balaban J connectivity index is 2.48. The van der Waals surface area contributed by atoms with Gasteiger partial charge in [-0.15, -0.1) is 0 Å². The molecule has 0 aromatic rings. The lowest BCUT2D eigenvalue weighted by Gasteiger charge is -2.26. The number of nitrogens with one attached hydrogen (secondary N) is 1.